The van der Waals surface area contributed by atoms with Crippen LogP contribution >= 0.6 is 27.5 Å². The molecule has 0 aromatic heterocycles. The van der Waals surface area contributed by atoms with Gasteiger partial charge in [-0.25, -0.2) is 0 Å². The topological polar surface area (TPSA) is 75.7 Å². The smallest absolute Gasteiger partial charge is 0.257 e. The van der Waals surface area contributed by atoms with E-state index in [1.165, 1.54) is 29.7 Å². The van der Waals surface area contributed by atoms with Crippen molar-refractivity contribution in [2.45, 2.75) is 71.3 Å². The average molecular weight is 568 g/mol. The third-order valence-corrected chi connectivity index (χ3v) is 6.17. The molecule has 0 aliphatic carbocycles. The van der Waals surface area contributed by atoms with Gasteiger partial charge in [-0.2, -0.15) is 0 Å². The van der Waals surface area contributed by atoms with Crippen LogP contribution in [-0.2, 0) is 19.1 Å². The van der Waals surface area contributed by atoms with Gasteiger partial charge in [-0.3, -0.25) is 19.3 Å². The van der Waals surface area contributed by atoms with Crippen LogP contribution in [0.15, 0.2) is 47.2 Å². The Morgan fingerprint density at radius 1 is 1.31 bits per heavy atom. The number of rotatable bonds is 15. The third-order valence-electron chi connectivity index (χ3n) is 5.58. The van der Waals surface area contributed by atoms with Crippen LogP contribution in [0, 0.1) is 16.7 Å². The summed E-state index contributed by atoms with van der Waals surface area (Å²) in [5, 5.41) is 2.84. The summed E-state index contributed by atoms with van der Waals surface area (Å²) < 4.78 is 5.24. The highest BCUT2D eigenvalue weighted by Crippen LogP contribution is 2.19. The summed E-state index contributed by atoms with van der Waals surface area (Å²) in [5.41, 5.74) is 2.93. The van der Waals surface area contributed by atoms with Crippen molar-refractivity contribution in [2.24, 2.45) is 5.92 Å². The van der Waals surface area contributed by atoms with Gasteiger partial charge in [-0.15, -0.1) is 0 Å². The number of carbonyl (C=O) groups is 3. The Morgan fingerprint density at radius 2 is 2.09 bits per heavy atom. The van der Waals surface area contributed by atoms with Gasteiger partial charge in [0.05, 0.1) is 13.2 Å². The van der Waals surface area contributed by atoms with E-state index in [2.05, 4.69) is 45.0 Å². The number of carbonyl (C=O) groups excluding carboxylic acids is 3. The number of imide groups is 1. The second-order valence-corrected chi connectivity index (χ2v) is 9.05. The third kappa shape index (κ3) is 12.8. The number of ether oxygens (including phenoxy) is 1. The molecule has 1 heterocycles. The second kappa shape index (κ2) is 18.0. The average Bonchev–Trinajstić information content (AvgIpc) is 3.18. The Balaban J connectivity index is 2.27. The Hall–Kier alpha value is -2.30. The van der Waals surface area contributed by atoms with E-state index in [9.17, 15) is 14.4 Å². The van der Waals surface area contributed by atoms with Gasteiger partial charge in [0, 0.05) is 59.4 Å². The molecule has 0 aromatic rings. The molecule has 0 fully saturated rings. The van der Waals surface area contributed by atoms with Crippen LogP contribution in [0.1, 0.15) is 65.2 Å². The maximum atomic E-state index is 12.3. The van der Waals surface area contributed by atoms with Gasteiger partial charge in [-0.1, -0.05) is 48.2 Å². The SMILES string of the molecule is CO/C(=C/C(=O)N1C(=O)C=C[C@@H]1C)CCNC(=O)CC/C=C/[C@H](C)CC/C(=C/Cl)CCCC#CBr. The van der Waals surface area contributed by atoms with E-state index in [1.807, 2.05) is 6.08 Å². The summed E-state index contributed by atoms with van der Waals surface area (Å²) in [4.78, 5) is 40.1. The van der Waals surface area contributed by atoms with Gasteiger partial charge in [0.15, 0.2) is 0 Å². The van der Waals surface area contributed by atoms with Crippen LogP contribution in [0.25, 0.3) is 0 Å². The monoisotopic (exact) mass is 566 g/mol. The second-order valence-electron chi connectivity index (χ2n) is 8.44. The predicted octanol–water partition coefficient (Wildman–Crippen LogP) is 5.74. The van der Waals surface area contributed by atoms with Crippen LogP contribution in [0.5, 0.6) is 0 Å². The van der Waals surface area contributed by atoms with Crippen molar-refractivity contribution in [3.8, 4) is 10.8 Å². The number of amides is 3. The minimum absolute atomic E-state index is 0.0597. The largest absolute Gasteiger partial charge is 0.501 e. The van der Waals surface area contributed by atoms with E-state index >= 15 is 0 Å². The molecule has 6 nitrogen and oxygen atoms in total. The molecule has 0 bridgehead atoms. The molecule has 1 aliphatic heterocycles. The maximum Gasteiger partial charge on any atom is 0.257 e. The zero-order valence-corrected chi connectivity index (χ0v) is 23.2. The molecule has 1 N–H and O–H groups in total. The van der Waals surface area contributed by atoms with Crippen LogP contribution in [0.3, 0.4) is 0 Å². The van der Waals surface area contributed by atoms with Crippen molar-refractivity contribution in [3.63, 3.8) is 0 Å². The summed E-state index contributed by atoms with van der Waals surface area (Å²) in [5.74, 6) is 2.99. The molecule has 1 rings (SSSR count). The number of hydrogen-bond acceptors (Lipinski definition) is 4. The van der Waals surface area contributed by atoms with E-state index in [0.717, 1.165) is 32.1 Å². The Bertz CT molecular complexity index is 899. The van der Waals surface area contributed by atoms with Gasteiger partial charge in [0.1, 0.15) is 5.76 Å². The van der Waals surface area contributed by atoms with Gasteiger partial charge in [0.25, 0.3) is 11.8 Å². The summed E-state index contributed by atoms with van der Waals surface area (Å²) in [6.07, 6.45) is 14.7. The van der Waals surface area contributed by atoms with Crippen LogP contribution in [-0.4, -0.2) is 42.3 Å². The molecular formula is C27H36BrClN2O4. The highest BCUT2D eigenvalue weighted by atomic mass is 79.9. The summed E-state index contributed by atoms with van der Waals surface area (Å²) in [7, 11) is 1.46. The van der Waals surface area contributed by atoms with E-state index in [4.69, 9.17) is 16.3 Å². The van der Waals surface area contributed by atoms with Crippen molar-refractivity contribution >= 4 is 45.3 Å². The van der Waals surface area contributed by atoms with E-state index < -0.39 is 5.91 Å². The standard InChI is InChI=1S/C27H36BrClN2O4/c1-21(12-14-23(20-29)10-5-4-8-17-28)9-6-7-11-25(32)30-18-16-24(35-3)19-27(34)31-22(2)13-15-26(31)33/h6,9,13,15,19-22H,4-5,7,10-12,14,16,18H2,1-3H3,(H,30,32)/b9-6+,23-20+,24-19+/t21-,22-/m0/s1. The van der Waals surface area contributed by atoms with Crippen LogP contribution < -0.4 is 5.32 Å². The number of allylic oxidation sites excluding steroid dienone is 3. The minimum Gasteiger partial charge on any atom is -0.501 e. The molecular weight excluding hydrogens is 532 g/mol. The van der Waals surface area contributed by atoms with E-state index in [-0.39, 0.29) is 17.9 Å². The number of hydrogen-bond donors (Lipinski definition) is 1. The Labute approximate surface area is 223 Å². The molecule has 3 amide bonds. The molecule has 8 heteroatoms. The van der Waals surface area contributed by atoms with Crippen molar-refractivity contribution < 1.29 is 19.1 Å². The van der Waals surface area contributed by atoms with Crippen molar-refractivity contribution in [1.82, 2.24) is 10.2 Å². The summed E-state index contributed by atoms with van der Waals surface area (Å²) in [6, 6.07) is -0.275. The first-order valence-corrected chi connectivity index (χ1v) is 13.1. The molecule has 0 radical (unpaired) electrons. The molecule has 0 unspecified atom stereocenters. The molecule has 0 saturated carbocycles. The highest BCUT2D eigenvalue weighted by Gasteiger charge is 2.27. The number of nitrogens with one attached hydrogen (secondary N) is 1. The first kappa shape index (κ1) is 30.7. The zero-order chi connectivity index (χ0) is 26.1. The van der Waals surface area contributed by atoms with Crippen LogP contribution in [0.2, 0.25) is 0 Å². The normalized spacial score (nSPS) is 16.9. The lowest BCUT2D eigenvalue weighted by atomic mass is 9.98. The lowest BCUT2D eigenvalue weighted by molar-refractivity contribution is -0.139. The molecule has 0 spiro atoms. The van der Waals surface area contributed by atoms with Crippen LogP contribution in [0.4, 0.5) is 0 Å². The number of unbranched alkanes of at least 4 members (excludes halogenated alkanes) is 1. The lowest BCUT2D eigenvalue weighted by Gasteiger charge is -2.18. The molecule has 0 saturated heterocycles. The fourth-order valence-corrected chi connectivity index (χ4v) is 3.91. The predicted molar refractivity (Wildman–Crippen MR) is 144 cm³/mol. The van der Waals surface area contributed by atoms with Gasteiger partial charge < -0.3 is 10.1 Å². The first-order chi connectivity index (χ1) is 16.8. The minimum atomic E-state index is -0.424. The number of methoxy groups -OCH3 is 1. The van der Waals surface area contributed by atoms with Gasteiger partial charge >= 0.3 is 0 Å². The van der Waals surface area contributed by atoms with E-state index in [1.54, 1.807) is 18.5 Å². The van der Waals surface area contributed by atoms with Crippen molar-refractivity contribution in [2.75, 3.05) is 13.7 Å². The first-order valence-electron chi connectivity index (χ1n) is 11.9. The molecule has 2 atom stereocenters. The van der Waals surface area contributed by atoms with Gasteiger partial charge in [-0.05, 0) is 49.8 Å². The molecule has 35 heavy (non-hydrogen) atoms. The molecule has 192 valence electrons. The Morgan fingerprint density at radius 3 is 2.71 bits per heavy atom. The van der Waals surface area contributed by atoms with Gasteiger partial charge in [0.2, 0.25) is 5.91 Å². The number of halogens is 2. The number of nitrogens with zero attached hydrogens (tertiary/aromatic N) is 1. The molecule has 0 aromatic carbocycles. The fourth-order valence-electron chi connectivity index (χ4n) is 3.49. The Kier molecular flexibility index (Phi) is 15.8. The van der Waals surface area contributed by atoms with Crippen molar-refractivity contribution in [1.29, 1.82) is 0 Å². The van der Waals surface area contributed by atoms with E-state index in [0.29, 0.717) is 37.5 Å². The quantitative estimate of drug-likeness (QED) is 0.0900. The summed E-state index contributed by atoms with van der Waals surface area (Å²) in [6.45, 7) is 4.28. The molecule has 1 aliphatic rings. The maximum absolute atomic E-state index is 12.3. The zero-order valence-electron chi connectivity index (χ0n) is 20.8. The summed E-state index contributed by atoms with van der Waals surface area (Å²) >= 11 is 9.05. The lowest BCUT2D eigenvalue weighted by Crippen LogP contribution is -2.37. The van der Waals surface area contributed by atoms with Crippen molar-refractivity contribution in [3.05, 3.63) is 47.2 Å². The fraction of sp³-hybridized carbons (Fsp3) is 0.519. The highest BCUT2D eigenvalue weighted by molar-refractivity contribution is 9.12.